The molecule has 0 saturated carbocycles. The second-order valence-corrected chi connectivity index (χ2v) is 0. The summed E-state index contributed by atoms with van der Waals surface area (Å²) < 4.78 is 0. The third kappa shape index (κ3) is 18.5. The minimum absolute atomic E-state index is 0. The molecule has 0 rings (SSSR count). The molecular weight excluding hydrogens is 788 g/mol. The number of hydrogen-bond donors (Lipinski definition) is 0. The van der Waals surface area contributed by atoms with Crippen LogP contribution in [-0.2, 0) is 83.0 Å². The summed E-state index contributed by atoms with van der Waals surface area (Å²) in [4.78, 5) is 0. The Hall–Kier alpha value is 3.50. The molecule has 0 aliphatic heterocycles. The van der Waals surface area contributed by atoms with Crippen LogP contribution >= 0.6 is 0 Å². The zero-order chi connectivity index (χ0) is 0. The molecule has 36 valence electrons. The zero-order valence-corrected chi connectivity index (χ0v) is 14.4. The van der Waals surface area contributed by atoms with E-state index in [4.69, 9.17) is 0 Å². The van der Waals surface area contributed by atoms with E-state index in [-0.39, 0.29) is 107 Å². The van der Waals surface area contributed by atoms with Gasteiger partial charge in [0, 0.05) is 107 Å². The fourth-order valence-corrected chi connectivity index (χ4v) is 0. The van der Waals surface area contributed by atoms with Gasteiger partial charge in [0.1, 0.15) is 0 Å². The Balaban J connectivity index is 0. The van der Waals surface area contributed by atoms with Crippen LogP contribution in [0, 0.1) is 0 Å². The molecule has 0 unspecified atom stereocenters. The van der Waals surface area contributed by atoms with Gasteiger partial charge in [-0.25, -0.2) is 0 Å². The van der Waals surface area contributed by atoms with Crippen molar-refractivity contribution in [1.29, 1.82) is 0 Å². The van der Waals surface area contributed by atoms with Crippen molar-refractivity contribution in [2.75, 3.05) is 0 Å². The van der Waals surface area contributed by atoms with E-state index in [1.54, 1.807) is 0 Å². The Morgan fingerprint density at radius 3 is 1.00 bits per heavy atom. The number of hydrogen-bond acceptors (Lipinski definition) is 0. The summed E-state index contributed by atoms with van der Waals surface area (Å²) >= 11 is 0. The first-order chi connectivity index (χ1) is 0. The predicted octanol–water partition coefficient (Wildman–Crippen LogP) is -0.391. The van der Waals surface area contributed by atoms with E-state index in [2.05, 4.69) is 0 Å². The van der Waals surface area contributed by atoms with E-state index < -0.39 is 0 Å². The largest absolute Gasteiger partial charge is 0 e. The van der Waals surface area contributed by atoms with Gasteiger partial charge in [-0.2, -0.15) is 0 Å². The Bertz CT molecular complexity index is 11.6. The first kappa shape index (κ1) is 39.0. The molecule has 0 aliphatic carbocycles. The Morgan fingerprint density at radius 2 is 1.00 bits per heavy atom. The smallest absolute Gasteiger partial charge is 0 e. The molecule has 0 fully saturated rings. The topological polar surface area (TPSA) is 0 Å². The van der Waals surface area contributed by atoms with Crippen LogP contribution in [-0.4, -0.2) is 23.9 Å². The molecule has 0 atom stereocenters. The molecule has 0 aromatic rings. The number of rotatable bonds is 0. The summed E-state index contributed by atoms with van der Waals surface area (Å²) in [6.07, 6.45) is 0. The summed E-state index contributed by atoms with van der Waals surface area (Å²) in [5.74, 6) is 0. The van der Waals surface area contributed by atoms with Crippen molar-refractivity contribution in [3.05, 3.63) is 0 Å². The van der Waals surface area contributed by atoms with Gasteiger partial charge in [-0.05, 0) is 0 Å². The second kappa shape index (κ2) is 25.9. The van der Waals surface area contributed by atoms with E-state index >= 15 is 0 Å². The van der Waals surface area contributed by atoms with Gasteiger partial charge in [0.25, 0.3) is 0 Å². The second-order valence-electron chi connectivity index (χ2n) is 0. The summed E-state index contributed by atoms with van der Waals surface area (Å²) in [5.41, 5.74) is 0. The molecule has 0 amide bonds. The van der Waals surface area contributed by atoms with Gasteiger partial charge in [0.2, 0.25) is 0 Å². The van der Waals surface area contributed by atoms with Crippen molar-refractivity contribution in [2.24, 2.45) is 0 Å². The quantitative estimate of drug-likeness (QED) is 0.294. The van der Waals surface area contributed by atoms with Crippen molar-refractivity contribution in [3.63, 3.8) is 0 Å². The van der Waals surface area contributed by atoms with Crippen LogP contribution in [0.5, 0.6) is 0 Å². The first-order valence-electron chi connectivity index (χ1n) is 0. The SMILES string of the molecule is [Ir].[Pt].[Ru].[Sn].[Ta]. The summed E-state index contributed by atoms with van der Waals surface area (Å²) in [6, 6.07) is 0. The molecule has 5 heavy (non-hydrogen) atoms. The normalized spacial score (nSPS) is 0. The molecule has 0 saturated heterocycles. The molecule has 0 N–H and O–H groups in total. The predicted molar refractivity (Wildman–Crippen MR) is 5.75 cm³/mol. The van der Waals surface area contributed by atoms with Crippen molar-refractivity contribution in [1.82, 2.24) is 0 Å². The Morgan fingerprint density at radius 1 is 1.00 bits per heavy atom. The minimum atomic E-state index is 0. The monoisotopic (exact) mass is 791 g/mol. The van der Waals surface area contributed by atoms with Gasteiger partial charge < -0.3 is 0 Å². The molecule has 0 aromatic carbocycles. The van der Waals surface area contributed by atoms with Crippen LogP contribution in [0.25, 0.3) is 0 Å². The average Bonchev–Trinajstić information content (AvgIpc) is 0. The van der Waals surface area contributed by atoms with Gasteiger partial charge in [0.05, 0.1) is 0 Å². The van der Waals surface area contributed by atoms with Crippen LogP contribution in [0.15, 0.2) is 0 Å². The summed E-state index contributed by atoms with van der Waals surface area (Å²) in [7, 11) is 0. The van der Waals surface area contributed by atoms with Crippen LogP contribution in [0.2, 0.25) is 0 Å². The van der Waals surface area contributed by atoms with Gasteiger partial charge in [0.15, 0.2) is 0 Å². The standard InChI is InChI=1S/Ir.Pt.Ru.Sn.Ta. The third-order valence-corrected chi connectivity index (χ3v) is 0. The van der Waals surface area contributed by atoms with Crippen molar-refractivity contribution < 1.29 is 83.0 Å². The van der Waals surface area contributed by atoms with Crippen molar-refractivity contribution >= 4 is 23.9 Å². The van der Waals surface area contributed by atoms with Crippen molar-refractivity contribution in [3.8, 4) is 0 Å². The first-order valence-corrected chi connectivity index (χ1v) is 0. The molecular formula is IrPtRuSnTa. The fourth-order valence-electron chi connectivity index (χ4n) is 0. The zero-order valence-electron chi connectivity index (χ0n) is 1.95. The van der Waals surface area contributed by atoms with Gasteiger partial charge >= 0.3 is 0 Å². The van der Waals surface area contributed by atoms with Gasteiger partial charge in [-0.3, -0.25) is 0 Å². The van der Waals surface area contributed by atoms with E-state index in [0.717, 1.165) is 0 Å². The van der Waals surface area contributed by atoms with Crippen LogP contribution in [0.4, 0.5) is 0 Å². The van der Waals surface area contributed by atoms with Crippen LogP contribution in [0.3, 0.4) is 0 Å². The van der Waals surface area contributed by atoms with E-state index in [9.17, 15) is 0 Å². The van der Waals surface area contributed by atoms with E-state index in [1.165, 1.54) is 0 Å². The van der Waals surface area contributed by atoms with Gasteiger partial charge in [-0.15, -0.1) is 0 Å². The maximum absolute atomic E-state index is 0. The Labute approximate surface area is 105 Å². The molecule has 5 heteroatoms. The molecule has 0 nitrogen and oxygen atoms in total. The van der Waals surface area contributed by atoms with Crippen molar-refractivity contribution in [2.45, 2.75) is 0 Å². The summed E-state index contributed by atoms with van der Waals surface area (Å²) in [6.45, 7) is 0. The fraction of sp³-hybridized carbons (Fsp3) is 0. The summed E-state index contributed by atoms with van der Waals surface area (Å²) in [5, 5.41) is 0. The molecule has 0 bridgehead atoms. The van der Waals surface area contributed by atoms with E-state index in [1.807, 2.05) is 0 Å². The minimum Gasteiger partial charge on any atom is 0 e. The maximum Gasteiger partial charge on any atom is 0 e. The van der Waals surface area contributed by atoms with Crippen LogP contribution in [0.1, 0.15) is 0 Å². The molecule has 0 aliphatic rings. The molecule has 0 spiro atoms. The molecule has 0 heterocycles. The third-order valence-electron chi connectivity index (χ3n) is 0. The van der Waals surface area contributed by atoms with Gasteiger partial charge in [-0.1, -0.05) is 0 Å². The van der Waals surface area contributed by atoms with E-state index in [0.29, 0.717) is 0 Å². The average molecular weight is 788 g/mol. The molecule has 0 aromatic heterocycles. The van der Waals surface area contributed by atoms with Crippen LogP contribution < -0.4 is 0 Å². The molecule has 6 radical (unpaired) electrons. The Kier molecular flexibility index (Phi) is 202. The maximum atomic E-state index is 0.